The van der Waals surface area contributed by atoms with Crippen molar-refractivity contribution in [3.05, 3.63) is 40.2 Å². The highest BCUT2D eigenvalue weighted by molar-refractivity contribution is 7.09. The molecule has 0 aliphatic carbocycles. The van der Waals surface area contributed by atoms with Gasteiger partial charge in [0.15, 0.2) is 0 Å². The fraction of sp³-hybridized carbons (Fsp3) is 0.412. The molecule has 0 aliphatic heterocycles. The molecule has 0 bridgehead atoms. The molecule has 2 rings (SSSR count). The van der Waals surface area contributed by atoms with Crippen LogP contribution in [0.1, 0.15) is 30.3 Å². The number of nitrogens with zero attached hydrogens (tertiary/aromatic N) is 1. The van der Waals surface area contributed by atoms with E-state index in [1.165, 1.54) is 0 Å². The van der Waals surface area contributed by atoms with Gasteiger partial charge in [-0.3, -0.25) is 4.79 Å². The van der Waals surface area contributed by atoms with Crippen molar-refractivity contribution in [3.8, 4) is 11.3 Å². The number of nitrogens with one attached hydrogen (secondary N) is 1. The van der Waals surface area contributed by atoms with E-state index >= 15 is 0 Å². The number of rotatable bonds is 7. The molecule has 1 aromatic heterocycles. The molecule has 1 atom stereocenters. The molecule has 22 heavy (non-hydrogen) atoms. The van der Waals surface area contributed by atoms with E-state index in [0.717, 1.165) is 28.2 Å². The Labute approximate surface area is 135 Å². The van der Waals surface area contributed by atoms with Gasteiger partial charge in [0, 0.05) is 23.6 Å². The van der Waals surface area contributed by atoms with E-state index in [1.54, 1.807) is 11.3 Å². The molecule has 2 aromatic rings. The Balaban J connectivity index is 1.94. The first-order chi connectivity index (χ1) is 10.6. The summed E-state index contributed by atoms with van der Waals surface area (Å²) in [5.74, 6) is -0.00227. The van der Waals surface area contributed by atoms with Crippen molar-refractivity contribution in [2.24, 2.45) is 0 Å². The van der Waals surface area contributed by atoms with Gasteiger partial charge in [0.05, 0.1) is 17.1 Å². The Morgan fingerprint density at radius 1 is 1.36 bits per heavy atom. The number of hydrogen-bond acceptors (Lipinski definition) is 4. The van der Waals surface area contributed by atoms with Crippen LogP contribution in [0.15, 0.2) is 29.6 Å². The summed E-state index contributed by atoms with van der Waals surface area (Å²) in [6.45, 7) is 4.09. The monoisotopic (exact) mass is 318 g/mol. The van der Waals surface area contributed by atoms with Crippen LogP contribution in [0.3, 0.4) is 0 Å². The molecule has 1 aromatic carbocycles. The lowest BCUT2D eigenvalue weighted by molar-refractivity contribution is -0.121. The van der Waals surface area contributed by atoms with Gasteiger partial charge in [-0.25, -0.2) is 4.98 Å². The highest BCUT2D eigenvalue weighted by atomic mass is 32.1. The summed E-state index contributed by atoms with van der Waals surface area (Å²) < 4.78 is 0. The van der Waals surface area contributed by atoms with E-state index in [1.807, 2.05) is 43.5 Å². The molecular formula is C17H22N2O2S. The van der Waals surface area contributed by atoms with Gasteiger partial charge >= 0.3 is 0 Å². The van der Waals surface area contributed by atoms with Crippen molar-refractivity contribution in [2.45, 2.75) is 39.2 Å². The minimum Gasteiger partial charge on any atom is -0.396 e. The number of amides is 1. The quantitative estimate of drug-likeness (QED) is 0.825. The number of aliphatic hydroxyl groups is 1. The normalized spacial score (nSPS) is 12.1. The molecule has 1 heterocycles. The molecule has 4 nitrogen and oxygen atoms in total. The van der Waals surface area contributed by atoms with Crippen LogP contribution < -0.4 is 5.32 Å². The number of carbonyl (C=O) groups is 1. The predicted octanol–water partition coefficient (Wildman–Crippen LogP) is 2.94. The van der Waals surface area contributed by atoms with Crippen LogP contribution in [-0.2, 0) is 11.2 Å². The Morgan fingerprint density at radius 2 is 2.09 bits per heavy atom. The van der Waals surface area contributed by atoms with E-state index in [-0.39, 0.29) is 18.6 Å². The number of aliphatic hydroxyl groups excluding tert-OH is 1. The predicted molar refractivity (Wildman–Crippen MR) is 89.9 cm³/mol. The van der Waals surface area contributed by atoms with Gasteiger partial charge in [0.25, 0.3) is 0 Å². The highest BCUT2D eigenvalue weighted by Crippen LogP contribution is 2.21. The molecule has 0 aliphatic rings. The van der Waals surface area contributed by atoms with Gasteiger partial charge in [-0.15, -0.1) is 11.3 Å². The second-order valence-corrected chi connectivity index (χ2v) is 6.37. The van der Waals surface area contributed by atoms with Crippen molar-refractivity contribution < 1.29 is 9.90 Å². The summed E-state index contributed by atoms with van der Waals surface area (Å²) in [6.07, 6.45) is 1.79. The van der Waals surface area contributed by atoms with E-state index < -0.39 is 0 Å². The fourth-order valence-electron chi connectivity index (χ4n) is 2.29. The van der Waals surface area contributed by atoms with Crippen molar-refractivity contribution in [1.82, 2.24) is 10.3 Å². The van der Waals surface area contributed by atoms with Gasteiger partial charge in [0.2, 0.25) is 5.91 Å². The number of benzene rings is 1. The maximum atomic E-state index is 12.0. The zero-order valence-electron chi connectivity index (χ0n) is 13.0. The van der Waals surface area contributed by atoms with Crippen LogP contribution in [0.2, 0.25) is 0 Å². The highest BCUT2D eigenvalue weighted by Gasteiger charge is 2.10. The molecule has 0 spiro atoms. The fourth-order valence-corrected chi connectivity index (χ4v) is 2.91. The standard InChI is InChI=1S/C17H22N2O2S/c1-3-15(8-9-20)19-17(21)10-13-4-6-14(7-5-13)16-11-22-12(2)18-16/h4-7,11,15,20H,3,8-10H2,1-2H3,(H,19,21). The van der Waals surface area contributed by atoms with Crippen LogP contribution in [0.4, 0.5) is 0 Å². The maximum absolute atomic E-state index is 12.0. The first-order valence-electron chi connectivity index (χ1n) is 7.54. The van der Waals surface area contributed by atoms with Crippen LogP contribution in [-0.4, -0.2) is 28.6 Å². The van der Waals surface area contributed by atoms with Crippen LogP contribution in [0.25, 0.3) is 11.3 Å². The van der Waals surface area contributed by atoms with E-state index in [2.05, 4.69) is 10.3 Å². The number of aromatic nitrogens is 1. The molecule has 5 heteroatoms. The number of aryl methyl sites for hydroxylation is 1. The smallest absolute Gasteiger partial charge is 0.224 e. The largest absolute Gasteiger partial charge is 0.396 e. The third-order valence-corrected chi connectivity index (χ3v) is 4.34. The molecule has 1 amide bonds. The Hall–Kier alpha value is -1.72. The van der Waals surface area contributed by atoms with Crippen LogP contribution in [0.5, 0.6) is 0 Å². The average molecular weight is 318 g/mol. The number of carbonyl (C=O) groups excluding carboxylic acids is 1. The van der Waals surface area contributed by atoms with Gasteiger partial charge < -0.3 is 10.4 Å². The zero-order chi connectivity index (χ0) is 15.9. The topological polar surface area (TPSA) is 62.2 Å². The Kier molecular flexibility index (Phi) is 6.10. The lowest BCUT2D eigenvalue weighted by Gasteiger charge is -2.15. The maximum Gasteiger partial charge on any atom is 0.224 e. The molecule has 0 saturated carbocycles. The Morgan fingerprint density at radius 3 is 2.64 bits per heavy atom. The first-order valence-corrected chi connectivity index (χ1v) is 8.42. The molecule has 1 unspecified atom stereocenters. The summed E-state index contributed by atoms with van der Waals surface area (Å²) in [4.78, 5) is 16.5. The SMILES string of the molecule is CCC(CCO)NC(=O)Cc1ccc(-c2csc(C)n2)cc1. The van der Waals surface area contributed by atoms with Crippen molar-refractivity contribution in [1.29, 1.82) is 0 Å². The van der Waals surface area contributed by atoms with E-state index in [0.29, 0.717) is 12.8 Å². The zero-order valence-corrected chi connectivity index (χ0v) is 13.8. The van der Waals surface area contributed by atoms with Gasteiger partial charge in [-0.2, -0.15) is 0 Å². The van der Waals surface area contributed by atoms with Crippen LogP contribution in [0, 0.1) is 6.92 Å². The summed E-state index contributed by atoms with van der Waals surface area (Å²) in [5.41, 5.74) is 3.03. The van der Waals surface area contributed by atoms with Crippen molar-refractivity contribution in [2.75, 3.05) is 6.61 Å². The molecule has 0 radical (unpaired) electrons. The number of hydrogen-bond donors (Lipinski definition) is 2. The lowest BCUT2D eigenvalue weighted by Crippen LogP contribution is -2.36. The summed E-state index contributed by atoms with van der Waals surface area (Å²) in [7, 11) is 0. The van der Waals surface area contributed by atoms with Crippen LogP contribution >= 0.6 is 11.3 Å². The van der Waals surface area contributed by atoms with Crippen molar-refractivity contribution in [3.63, 3.8) is 0 Å². The molecule has 118 valence electrons. The van der Waals surface area contributed by atoms with Crippen molar-refractivity contribution >= 4 is 17.2 Å². The average Bonchev–Trinajstić information content (AvgIpc) is 2.94. The first kappa shape index (κ1) is 16.6. The minimum absolute atomic E-state index is 0.00227. The molecule has 0 saturated heterocycles. The van der Waals surface area contributed by atoms with Gasteiger partial charge in [0.1, 0.15) is 0 Å². The number of thiazole rings is 1. The Bertz CT molecular complexity index is 607. The van der Waals surface area contributed by atoms with Gasteiger partial charge in [-0.1, -0.05) is 31.2 Å². The molecule has 2 N–H and O–H groups in total. The third-order valence-electron chi connectivity index (χ3n) is 3.57. The molecule has 0 fully saturated rings. The second kappa shape index (κ2) is 8.06. The summed E-state index contributed by atoms with van der Waals surface area (Å²) in [6, 6.07) is 7.99. The van der Waals surface area contributed by atoms with E-state index in [4.69, 9.17) is 5.11 Å². The molecular weight excluding hydrogens is 296 g/mol. The lowest BCUT2D eigenvalue weighted by atomic mass is 10.1. The summed E-state index contributed by atoms with van der Waals surface area (Å²) >= 11 is 1.63. The minimum atomic E-state index is -0.00227. The second-order valence-electron chi connectivity index (χ2n) is 5.31. The van der Waals surface area contributed by atoms with Gasteiger partial charge in [-0.05, 0) is 25.3 Å². The summed E-state index contributed by atoms with van der Waals surface area (Å²) in [5, 5.41) is 15.0. The van der Waals surface area contributed by atoms with E-state index in [9.17, 15) is 4.79 Å². The third kappa shape index (κ3) is 4.64.